The van der Waals surface area contributed by atoms with E-state index >= 15 is 0 Å². The third-order valence-corrected chi connectivity index (χ3v) is 3.84. The molecule has 0 saturated carbocycles. The van der Waals surface area contributed by atoms with Gasteiger partial charge in [-0.3, -0.25) is 0 Å². The maximum absolute atomic E-state index is 5.79. The van der Waals surface area contributed by atoms with Crippen LogP contribution < -0.4 is 15.0 Å². The second kappa shape index (κ2) is 7.39. The molecule has 1 aliphatic heterocycles. The average Bonchev–Trinajstić information content (AvgIpc) is 2.66. The lowest BCUT2D eigenvalue weighted by atomic mass is 10.2. The number of para-hydroxylation sites is 2. The lowest BCUT2D eigenvalue weighted by Crippen LogP contribution is -2.37. The van der Waals surface area contributed by atoms with Crippen LogP contribution >= 0.6 is 0 Å². The Morgan fingerprint density at radius 2 is 2.05 bits per heavy atom. The van der Waals surface area contributed by atoms with Crippen molar-refractivity contribution in [3.05, 3.63) is 24.3 Å². The molecular weight excluding hydrogens is 236 g/mol. The highest BCUT2D eigenvalue weighted by molar-refractivity contribution is 5.58. The van der Waals surface area contributed by atoms with Crippen LogP contribution in [0.25, 0.3) is 0 Å². The van der Waals surface area contributed by atoms with Gasteiger partial charge in [0, 0.05) is 25.7 Å². The fourth-order valence-corrected chi connectivity index (χ4v) is 2.61. The Hall–Kier alpha value is -1.22. The average molecular weight is 262 g/mol. The highest BCUT2D eigenvalue weighted by Crippen LogP contribution is 2.29. The number of hydrogen-bond acceptors (Lipinski definition) is 3. The lowest BCUT2D eigenvalue weighted by Gasteiger charge is -2.25. The van der Waals surface area contributed by atoms with Gasteiger partial charge >= 0.3 is 0 Å². The van der Waals surface area contributed by atoms with Gasteiger partial charge in [-0.15, -0.1) is 0 Å². The minimum atomic E-state index is 0.651. The van der Waals surface area contributed by atoms with E-state index in [1.165, 1.54) is 18.5 Å². The van der Waals surface area contributed by atoms with Gasteiger partial charge in [0.1, 0.15) is 5.75 Å². The van der Waals surface area contributed by atoms with Crippen LogP contribution in [0.5, 0.6) is 5.75 Å². The summed E-state index contributed by atoms with van der Waals surface area (Å²) in [4.78, 5) is 2.44. The first-order valence-electron chi connectivity index (χ1n) is 7.55. The molecule has 3 nitrogen and oxygen atoms in total. The van der Waals surface area contributed by atoms with E-state index in [9.17, 15) is 0 Å². The van der Waals surface area contributed by atoms with Crippen LogP contribution in [0.1, 0.15) is 33.1 Å². The summed E-state index contributed by atoms with van der Waals surface area (Å²) in [5.74, 6) is 1.03. The van der Waals surface area contributed by atoms with E-state index in [1.54, 1.807) is 0 Å². The molecule has 1 heterocycles. The number of ether oxygens (including phenoxy) is 1. The number of rotatable bonds is 6. The Balaban J connectivity index is 1.93. The second-order valence-corrected chi connectivity index (χ2v) is 5.12. The van der Waals surface area contributed by atoms with Crippen molar-refractivity contribution in [1.29, 1.82) is 0 Å². The summed E-state index contributed by atoms with van der Waals surface area (Å²) >= 11 is 0. The van der Waals surface area contributed by atoms with Crippen LogP contribution in [0, 0.1) is 0 Å². The predicted molar refractivity (Wildman–Crippen MR) is 81.1 cm³/mol. The summed E-state index contributed by atoms with van der Waals surface area (Å²) in [6.45, 7) is 8.50. The Morgan fingerprint density at radius 1 is 1.26 bits per heavy atom. The highest BCUT2D eigenvalue weighted by Gasteiger charge is 2.15. The number of nitrogens with zero attached hydrogens (tertiary/aromatic N) is 1. The molecule has 0 unspecified atom stereocenters. The molecule has 1 aromatic carbocycles. The zero-order valence-corrected chi connectivity index (χ0v) is 12.2. The third-order valence-electron chi connectivity index (χ3n) is 3.84. The van der Waals surface area contributed by atoms with E-state index in [-0.39, 0.29) is 0 Å². The van der Waals surface area contributed by atoms with Crippen molar-refractivity contribution < 1.29 is 4.74 Å². The number of anilines is 1. The second-order valence-electron chi connectivity index (χ2n) is 5.12. The quantitative estimate of drug-likeness (QED) is 0.853. The molecule has 106 valence electrons. The molecule has 0 saturated heterocycles. The van der Waals surface area contributed by atoms with Crippen LogP contribution in [0.2, 0.25) is 0 Å². The van der Waals surface area contributed by atoms with Crippen molar-refractivity contribution in [3.63, 3.8) is 0 Å². The van der Waals surface area contributed by atoms with Gasteiger partial charge < -0.3 is 15.0 Å². The number of benzene rings is 1. The standard InChI is InChI=1S/C16H26N2O/c1-3-14(4-2)17-10-12-18-11-7-13-19-16-9-6-5-8-15(16)18/h5-6,8-9,14,17H,3-4,7,10-13H2,1-2H3. The van der Waals surface area contributed by atoms with Crippen molar-refractivity contribution in [3.8, 4) is 5.75 Å². The number of hydrogen-bond donors (Lipinski definition) is 1. The molecule has 0 aromatic heterocycles. The zero-order chi connectivity index (χ0) is 13.5. The molecule has 2 rings (SSSR count). The van der Waals surface area contributed by atoms with Crippen molar-refractivity contribution in [2.45, 2.75) is 39.2 Å². The van der Waals surface area contributed by atoms with Gasteiger partial charge in [-0.05, 0) is 31.4 Å². The Labute approximate surface area is 116 Å². The first-order chi connectivity index (χ1) is 9.35. The van der Waals surface area contributed by atoms with E-state index in [0.717, 1.165) is 38.4 Å². The Morgan fingerprint density at radius 3 is 2.84 bits per heavy atom. The maximum atomic E-state index is 5.79. The molecule has 0 radical (unpaired) electrons. The predicted octanol–water partition coefficient (Wildman–Crippen LogP) is 3.05. The SMILES string of the molecule is CCC(CC)NCCN1CCCOc2ccccc21. The maximum Gasteiger partial charge on any atom is 0.142 e. The number of nitrogens with one attached hydrogen (secondary N) is 1. The van der Waals surface area contributed by atoms with Gasteiger partial charge in [0.15, 0.2) is 0 Å². The Bertz CT molecular complexity index is 377. The van der Waals surface area contributed by atoms with Gasteiger partial charge in [0.2, 0.25) is 0 Å². The van der Waals surface area contributed by atoms with Crippen molar-refractivity contribution >= 4 is 5.69 Å². The Kier molecular flexibility index (Phi) is 5.52. The topological polar surface area (TPSA) is 24.5 Å². The normalized spacial score (nSPS) is 15.0. The minimum absolute atomic E-state index is 0.651. The molecule has 3 heteroatoms. The van der Waals surface area contributed by atoms with Gasteiger partial charge in [0.05, 0.1) is 12.3 Å². The van der Waals surface area contributed by atoms with E-state index in [1.807, 2.05) is 6.07 Å². The van der Waals surface area contributed by atoms with Crippen LogP contribution in [0.3, 0.4) is 0 Å². The minimum Gasteiger partial charge on any atom is -0.491 e. The van der Waals surface area contributed by atoms with Crippen LogP contribution in [0.4, 0.5) is 5.69 Å². The molecular formula is C16H26N2O. The first-order valence-corrected chi connectivity index (χ1v) is 7.55. The van der Waals surface area contributed by atoms with Gasteiger partial charge in [-0.25, -0.2) is 0 Å². The van der Waals surface area contributed by atoms with E-state index < -0.39 is 0 Å². The van der Waals surface area contributed by atoms with Crippen molar-refractivity contribution in [2.24, 2.45) is 0 Å². The highest BCUT2D eigenvalue weighted by atomic mass is 16.5. The summed E-state index contributed by atoms with van der Waals surface area (Å²) in [5, 5.41) is 3.64. The molecule has 0 fully saturated rings. The monoisotopic (exact) mass is 262 g/mol. The van der Waals surface area contributed by atoms with Crippen LogP contribution in [-0.4, -0.2) is 32.3 Å². The molecule has 0 spiro atoms. The van der Waals surface area contributed by atoms with Gasteiger partial charge in [-0.2, -0.15) is 0 Å². The summed E-state index contributed by atoms with van der Waals surface area (Å²) < 4.78 is 5.79. The van der Waals surface area contributed by atoms with Crippen molar-refractivity contribution in [1.82, 2.24) is 5.32 Å². The summed E-state index contributed by atoms with van der Waals surface area (Å²) in [6.07, 6.45) is 3.51. The van der Waals surface area contributed by atoms with E-state index in [2.05, 4.69) is 42.3 Å². The van der Waals surface area contributed by atoms with Crippen LogP contribution in [0.15, 0.2) is 24.3 Å². The third kappa shape index (κ3) is 3.87. The summed E-state index contributed by atoms with van der Waals surface area (Å²) in [6, 6.07) is 9.03. The number of fused-ring (bicyclic) bond motifs is 1. The fraction of sp³-hybridized carbons (Fsp3) is 0.625. The fourth-order valence-electron chi connectivity index (χ4n) is 2.61. The molecule has 0 amide bonds. The molecule has 0 aliphatic carbocycles. The molecule has 1 aromatic rings. The molecule has 1 aliphatic rings. The molecule has 0 bridgehead atoms. The van der Waals surface area contributed by atoms with Crippen LogP contribution in [-0.2, 0) is 0 Å². The first kappa shape index (κ1) is 14.2. The van der Waals surface area contributed by atoms with Gasteiger partial charge in [0.25, 0.3) is 0 Å². The smallest absolute Gasteiger partial charge is 0.142 e. The summed E-state index contributed by atoms with van der Waals surface area (Å²) in [7, 11) is 0. The lowest BCUT2D eigenvalue weighted by molar-refractivity contribution is 0.322. The molecule has 1 N–H and O–H groups in total. The molecule has 19 heavy (non-hydrogen) atoms. The molecule has 0 atom stereocenters. The van der Waals surface area contributed by atoms with E-state index in [4.69, 9.17) is 4.74 Å². The largest absolute Gasteiger partial charge is 0.491 e. The zero-order valence-electron chi connectivity index (χ0n) is 12.2. The van der Waals surface area contributed by atoms with E-state index in [0.29, 0.717) is 6.04 Å². The van der Waals surface area contributed by atoms with Crippen molar-refractivity contribution in [2.75, 3.05) is 31.1 Å². The van der Waals surface area contributed by atoms with Gasteiger partial charge in [-0.1, -0.05) is 26.0 Å². The summed E-state index contributed by atoms with van der Waals surface area (Å²) in [5.41, 5.74) is 1.24.